The minimum absolute atomic E-state index is 0.187. The fraction of sp³-hybridized carbons (Fsp3) is 0.333. The standard InChI is InChI=1S/C15H15ClN2O2/c1-8-4-14(16)18-15(17-8)11-7-12-10(5-9(2)20-12)6-13(11)19-3/h4,6-7,9H,5H2,1-3H3. The Labute approximate surface area is 122 Å². The van der Waals surface area contributed by atoms with Crippen molar-refractivity contribution in [2.75, 3.05) is 7.11 Å². The molecule has 1 atom stereocenters. The van der Waals surface area contributed by atoms with Crippen molar-refractivity contribution in [2.24, 2.45) is 0 Å². The predicted molar refractivity (Wildman–Crippen MR) is 77.6 cm³/mol. The van der Waals surface area contributed by atoms with Crippen molar-refractivity contribution in [1.29, 1.82) is 0 Å². The molecule has 2 aromatic rings. The zero-order valence-corrected chi connectivity index (χ0v) is 12.4. The molecule has 0 spiro atoms. The molecule has 1 unspecified atom stereocenters. The molecule has 0 aliphatic carbocycles. The van der Waals surface area contributed by atoms with Gasteiger partial charge in [-0.25, -0.2) is 9.97 Å². The molecule has 20 heavy (non-hydrogen) atoms. The summed E-state index contributed by atoms with van der Waals surface area (Å²) in [6, 6.07) is 5.65. The van der Waals surface area contributed by atoms with Crippen LogP contribution in [-0.4, -0.2) is 23.2 Å². The van der Waals surface area contributed by atoms with Crippen molar-refractivity contribution in [3.8, 4) is 22.9 Å². The number of hydrogen-bond acceptors (Lipinski definition) is 4. The van der Waals surface area contributed by atoms with Gasteiger partial charge in [0.15, 0.2) is 5.82 Å². The lowest BCUT2D eigenvalue weighted by Crippen LogP contribution is -2.05. The summed E-state index contributed by atoms with van der Waals surface area (Å²) < 4.78 is 11.2. The third-order valence-electron chi connectivity index (χ3n) is 3.28. The number of methoxy groups -OCH3 is 1. The maximum atomic E-state index is 6.01. The Morgan fingerprint density at radius 3 is 2.80 bits per heavy atom. The van der Waals surface area contributed by atoms with Gasteiger partial charge in [0, 0.05) is 17.7 Å². The molecule has 0 saturated carbocycles. The third-order valence-corrected chi connectivity index (χ3v) is 3.48. The van der Waals surface area contributed by atoms with E-state index < -0.39 is 0 Å². The van der Waals surface area contributed by atoms with Crippen molar-refractivity contribution in [3.05, 3.63) is 34.6 Å². The molecular formula is C15H15ClN2O2. The SMILES string of the molecule is COc1cc2c(cc1-c1nc(C)cc(Cl)n1)OC(C)C2. The summed E-state index contributed by atoms with van der Waals surface area (Å²) in [7, 11) is 1.64. The minimum atomic E-state index is 0.187. The quantitative estimate of drug-likeness (QED) is 0.795. The summed E-state index contributed by atoms with van der Waals surface area (Å²) in [5.41, 5.74) is 2.76. The summed E-state index contributed by atoms with van der Waals surface area (Å²) in [6.07, 6.45) is 1.08. The average molecular weight is 291 g/mol. The number of aromatic nitrogens is 2. The molecule has 4 nitrogen and oxygen atoms in total. The molecule has 104 valence electrons. The van der Waals surface area contributed by atoms with Crippen molar-refractivity contribution >= 4 is 11.6 Å². The van der Waals surface area contributed by atoms with E-state index in [1.54, 1.807) is 13.2 Å². The number of ether oxygens (including phenoxy) is 2. The highest BCUT2D eigenvalue weighted by Crippen LogP contribution is 2.39. The molecule has 0 bridgehead atoms. The Balaban J connectivity index is 2.15. The Morgan fingerprint density at radius 1 is 1.30 bits per heavy atom. The first kappa shape index (κ1) is 13.2. The first-order valence-corrected chi connectivity index (χ1v) is 6.83. The Kier molecular flexibility index (Phi) is 3.26. The van der Waals surface area contributed by atoms with Crippen LogP contribution < -0.4 is 9.47 Å². The van der Waals surface area contributed by atoms with Gasteiger partial charge in [-0.05, 0) is 32.0 Å². The normalized spacial score (nSPS) is 16.7. The van der Waals surface area contributed by atoms with Crippen LogP contribution in [0.15, 0.2) is 18.2 Å². The summed E-state index contributed by atoms with van der Waals surface area (Å²) >= 11 is 6.01. The number of halogens is 1. The summed E-state index contributed by atoms with van der Waals surface area (Å²) in [6.45, 7) is 3.93. The molecule has 0 radical (unpaired) electrons. The molecular weight excluding hydrogens is 276 g/mol. The van der Waals surface area contributed by atoms with E-state index in [4.69, 9.17) is 21.1 Å². The second kappa shape index (κ2) is 4.94. The topological polar surface area (TPSA) is 44.2 Å². The van der Waals surface area contributed by atoms with Crippen molar-refractivity contribution in [3.63, 3.8) is 0 Å². The van der Waals surface area contributed by atoms with Crippen LogP contribution >= 0.6 is 11.6 Å². The molecule has 0 N–H and O–H groups in total. The first-order chi connectivity index (χ1) is 9.56. The van der Waals surface area contributed by atoms with Crippen LogP contribution in [0.25, 0.3) is 11.4 Å². The zero-order chi connectivity index (χ0) is 14.3. The molecule has 1 aliphatic heterocycles. The molecule has 1 aromatic carbocycles. The highest BCUT2D eigenvalue weighted by Gasteiger charge is 2.23. The van der Waals surface area contributed by atoms with Gasteiger partial charge in [-0.3, -0.25) is 0 Å². The number of nitrogens with zero attached hydrogens (tertiary/aromatic N) is 2. The van der Waals surface area contributed by atoms with Gasteiger partial charge in [0.1, 0.15) is 22.8 Å². The van der Waals surface area contributed by atoms with Gasteiger partial charge in [0.25, 0.3) is 0 Å². The van der Waals surface area contributed by atoms with Crippen LogP contribution in [-0.2, 0) is 6.42 Å². The Hall–Kier alpha value is -1.81. The monoisotopic (exact) mass is 290 g/mol. The number of benzene rings is 1. The molecule has 3 rings (SSSR count). The van der Waals surface area contributed by atoms with Crippen LogP contribution in [0.4, 0.5) is 0 Å². The van der Waals surface area contributed by atoms with Crippen LogP contribution in [0.1, 0.15) is 18.2 Å². The first-order valence-electron chi connectivity index (χ1n) is 6.46. The lowest BCUT2D eigenvalue weighted by Gasteiger charge is -2.10. The van der Waals surface area contributed by atoms with Crippen LogP contribution in [0, 0.1) is 6.92 Å². The van der Waals surface area contributed by atoms with Crippen LogP contribution in [0.2, 0.25) is 5.15 Å². The Bertz CT molecular complexity index is 653. The molecule has 1 aliphatic rings. The minimum Gasteiger partial charge on any atom is -0.496 e. The maximum absolute atomic E-state index is 6.01. The molecule has 0 saturated heterocycles. The number of hydrogen-bond donors (Lipinski definition) is 0. The van der Waals surface area contributed by atoms with Gasteiger partial charge in [0.2, 0.25) is 0 Å². The zero-order valence-electron chi connectivity index (χ0n) is 11.6. The number of fused-ring (bicyclic) bond motifs is 1. The van der Waals surface area contributed by atoms with E-state index in [2.05, 4.69) is 9.97 Å². The summed E-state index contributed by atoms with van der Waals surface area (Å²) in [4.78, 5) is 8.70. The fourth-order valence-corrected chi connectivity index (χ4v) is 2.67. The molecule has 1 aromatic heterocycles. The lowest BCUT2D eigenvalue weighted by molar-refractivity contribution is 0.254. The smallest absolute Gasteiger partial charge is 0.164 e. The predicted octanol–water partition coefficient (Wildman–Crippen LogP) is 3.44. The van der Waals surface area contributed by atoms with Crippen molar-refractivity contribution in [2.45, 2.75) is 26.4 Å². The van der Waals surface area contributed by atoms with Gasteiger partial charge >= 0.3 is 0 Å². The second-order valence-corrected chi connectivity index (χ2v) is 5.34. The highest BCUT2D eigenvalue weighted by molar-refractivity contribution is 6.29. The average Bonchev–Trinajstić information content (AvgIpc) is 2.75. The highest BCUT2D eigenvalue weighted by atomic mass is 35.5. The van der Waals surface area contributed by atoms with Crippen LogP contribution in [0.3, 0.4) is 0 Å². The van der Waals surface area contributed by atoms with E-state index in [0.717, 1.165) is 34.7 Å². The van der Waals surface area contributed by atoms with Crippen LogP contribution in [0.5, 0.6) is 11.5 Å². The van der Waals surface area contributed by atoms with E-state index in [1.807, 2.05) is 26.0 Å². The Morgan fingerprint density at radius 2 is 2.10 bits per heavy atom. The van der Waals surface area contributed by atoms with Gasteiger partial charge in [-0.2, -0.15) is 0 Å². The van der Waals surface area contributed by atoms with E-state index in [9.17, 15) is 0 Å². The van der Waals surface area contributed by atoms with Gasteiger partial charge in [0.05, 0.1) is 12.7 Å². The number of aryl methyl sites for hydroxylation is 1. The maximum Gasteiger partial charge on any atom is 0.164 e. The second-order valence-electron chi connectivity index (χ2n) is 4.95. The molecule has 0 amide bonds. The van der Waals surface area contributed by atoms with Crippen molar-refractivity contribution < 1.29 is 9.47 Å². The van der Waals surface area contributed by atoms with Gasteiger partial charge in [-0.1, -0.05) is 11.6 Å². The molecule has 5 heteroatoms. The van der Waals surface area contributed by atoms with E-state index in [-0.39, 0.29) is 6.10 Å². The number of rotatable bonds is 2. The van der Waals surface area contributed by atoms with E-state index in [0.29, 0.717) is 11.0 Å². The summed E-state index contributed by atoms with van der Waals surface area (Å²) in [5.74, 6) is 2.16. The largest absolute Gasteiger partial charge is 0.496 e. The van der Waals surface area contributed by atoms with Gasteiger partial charge < -0.3 is 9.47 Å². The van der Waals surface area contributed by atoms with E-state index >= 15 is 0 Å². The molecule has 0 fully saturated rings. The fourth-order valence-electron chi connectivity index (χ4n) is 2.43. The van der Waals surface area contributed by atoms with Gasteiger partial charge in [-0.15, -0.1) is 0 Å². The van der Waals surface area contributed by atoms with E-state index in [1.165, 1.54) is 0 Å². The third kappa shape index (κ3) is 2.31. The summed E-state index contributed by atoms with van der Waals surface area (Å²) in [5, 5.41) is 0.421. The van der Waals surface area contributed by atoms with Crippen molar-refractivity contribution in [1.82, 2.24) is 9.97 Å². The lowest BCUT2D eigenvalue weighted by atomic mass is 10.1. The molecule has 2 heterocycles.